The molecule has 1 heterocycles. The van der Waals surface area contributed by atoms with Crippen molar-refractivity contribution in [3.63, 3.8) is 0 Å². The molecule has 8 heteroatoms. The van der Waals surface area contributed by atoms with Gasteiger partial charge in [-0.1, -0.05) is 29.5 Å². The van der Waals surface area contributed by atoms with Gasteiger partial charge in [-0.25, -0.2) is 4.98 Å². The number of thiazole rings is 1. The number of amides is 1. The molecule has 0 N–H and O–H groups in total. The summed E-state index contributed by atoms with van der Waals surface area (Å²) in [4.78, 5) is 21.4. The smallest absolute Gasteiger partial charge is 0.232 e. The van der Waals surface area contributed by atoms with Gasteiger partial charge >= 0.3 is 0 Å². The third-order valence-corrected chi connectivity index (χ3v) is 5.26. The van der Waals surface area contributed by atoms with E-state index in [1.807, 2.05) is 62.6 Å². The fourth-order valence-corrected chi connectivity index (χ4v) is 3.71. The monoisotopic (exact) mass is 435 g/mol. The SMILES string of the molecule is COc1ccc2nc(N(CCN(C)C)C(=O)CCOc3ccccc3)sc2c1.Cl. The summed E-state index contributed by atoms with van der Waals surface area (Å²) >= 11 is 1.50. The fraction of sp³-hybridized carbons (Fsp3) is 0.333. The summed E-state index contributed by atoms with van der Waals surface area (Å²) in [5, 5.41) is 0.704. The Balaban J connectivity index is 0.00000300. The van der Waals surface area contributed by atoms with Crippen LogP contribution in [0, 0.1) is 0 Å². The lowest BCUT2D eigenvalue weighted by Gasteiger charge is -2.22. The number of aromatic nitrogens is 1. The molecule has 0 atom stereocenters. The first-order valence-electron chi connectivity index (χ1n) is 9.14. The number of nitrogens with zero attached hydrogens (tertiary/aromatic N) is 3. The number of rotatable bonds is 9. The van der Waals surface area contributed by atoms with Crippen molar-refractivity contribution in [3.8, 4) is 11.5 Å². The average Bonchev–Trinajstić information content (AvgIpc) is 3.11. The highest BCUT2D eigenvalue weighted by molar-refractivity contribution is 7.22. The van der Waals surface area contributed by atoms with Gasteiger partial charge in [-0.05, 0) is 44.4 Å². The van der Waals surface area contributed by atoms with E-state index in [9.17, 15) is 4.79 Å². The summed E-state index contributed by atoms with van der Waals surface area (Å²) in [6.45, 7) is 1.67. The molecule has 0 radical (unpaired) electrons. The highest BCUT2D eigenvalue weighted by atomic mass is 35.5. The number of methoxy groups -OCH3 is 1. The highest BCUT2D eigenvalue weighted by Gasteiger charge is 2.20. The lowest BCUT2D eigenvalue weighted by atomic mass is 10.3. The van der Waals surface area contributed by atoms with Gasteiger partial charge in [-0.2, -0.15) is 0 Å². The van der Waals surface area contributed by atoms with E-state index in [0.29, 0.717) is 24.7 Å². The first kappa shape index (κ1) is 22.9. The molecule has 0 saturated heterocycles. The molecule has 0 spiro atoms. The number of benzene rings is 2. The largest absolute Gasteiger partial charge is 0.497 e. The zero-order valence-electron chi connectivity index (χ0n) is 16.8. The molecule has 0 fully saturated rings. The fourth-order valence-electron chi connectivity index (χ4n) is 2.67. The predicted octanol–water partition coefficient (Wildman–Crippen LogP) is 4.09. The number of carbonyl (C=O) groups is 1. The van der Waals surface area contributed by atoms with E-state index in [1.165, 1.54) is 11.3 Å². The van der Waals surface area contributed by atoms with Gasteiger partial charge in [0, 0.05) is 13.1 Å². The Morgan fingerprint density at radius 3 is 2.52 bits per heavy atom. The molecular weight excluding hydrogens is 410 g/mol. The van der Waals surface area contributed by atoms with Crippen molar-refractivity contribution in [2.45, 2.75) is 6.42 Å². The third-order valence-electron chi connectivity index (χ3n) is 4.21. The van der Waals surface area contributed by atoms with Crippen LogP contribution >= 0.6 is 23.7 Å². The number of hydrogen-bond donors (Lipinski definition) is 0. The molecule has 0 saturated carbocycles. The molecule has 0 aliphatic carbocycles. The van der Waals surface area contributed by atoms with Gasteiger partial charge in [-0.15, -0.1) is 12.4 Å². The number of carbonyl (C=O) groups excluding carboxylic acids is 1. The van der Waals surface area contributed by atoms with Crippen molar-refractivity contribution < 1.29 is 14.3 Å². The van der Waals surface area contributed by atoms with E-state index in [4.69, 9.17) is 9.47 Å². The zero-order valence-corrected chi connectivity index (χ0v) is 18.5. The van der Waals surface area contributed by atoms with Crippen LogP contribution < -0.4 is 14.4 Å². The van der Waals surface area contributed by atoms with Crippen LogP contribution in [0.5, 0.6) is 11.5 Å². The highest BCUT2D eigenvalue weighted by Crippen LogP contribution is 2.31. The minimum absolute atomic E-state index is 0. The van der Waals surface area contributed by atoms with E-state index >= 15 is 0 Å². The molecule has 0 unspecified atom stereocenters. The van der Waals surface area contributed by atoms with E-state index in [1.54, 1.807) is 12.0 Å². The number of likely N-dealkylation sites (N-methyl/N-ethyl adjacent to an activating group) is 1. The Labute approximate surface area is 181 Å². The third kappa shape index (κ3) is 6.32. The van der Waals surface area contributed by atoms with Crippen molar-refractivity contribution in [3.05, 3.63) is 48.5 Å². The van der Waals surface area contributed by atoms with E-state index in [-0.39, 0.29) is 18.3 Å². The molecule has 6 nitrogen and oxygen atoms in total. The molecular formula is C21H26ClN3O3S. The molecule has 2 aromatic carbocycles. The lowest BCUT2D eigenvalue weighted by Crippen LogP contribution is -2.37. The minimum atomic E-state index is 0. The molecule has 1 aromatic heterocycles. The van der Waals surface area contributed by atoms with Crippen molar-refractivity contribution in [1.82, 2.24) is 9.88 Å². The van der Waals surface area contributed by atoms with Crippen LogP contribution in [0.4, 0.5) is 5.13 Å². The molecule has 0 aliphatic heterocycles. The van der Waals surface area contributed by atoms with Gasteiger partial charge in [0.15, 0.2) is 5.13 Å². The number of anilines is 1. The van der Waals surface area contributed by atoms with Crippen LogP contribution in [-0.2, 0) is 4.79 Å². The van der Waals surface area contributed by atoms with Crippen LogP contribution in [0.15, 0.2) is 48.5 Å². The van der Waals surface area contributed by atoms with Gasteiger partial charge in [-0.3, -0.25) is 9.69 Å². The van der Waals surface area contributed by atoms with Crippen molar-refractivity contribution in [2.75, 3.05) is 45.8 Å². The average molecular weight is 436 g/mol. The molecule has 3 aromatic rings. The topological polar surface area (TPSA) is 54.9 Å². The van der Waals surface area contributed by atoms with Crippen LogP contribution in [0.1, 0.15) is 6.42 Å². The zero-order chi connectivity index (χ0) is 19.9. The quantitative estimate of drug-likeness (QED) is 0.506. The second kappa shape index (κ2) is 11.0. The maximum atomic E-state index is 12.9. The molecule has 0 aliphatic rings. The summed E-state index contributed by atoms with van der Waals surface area (Å²) in [5.41, 5.74) is 0.865. The summed E-state index contributed by atoms with van der Waals surface area (Å²) in [5.74, 6) is 1.55. The Kier molecular flexibility index (Phi) is 8.70. The van der Waals surface area contributed by atoms with E-state index in [2.05, 4.69) is 9.88 Å². The summed E-state index contributed by atoms with van der Waals surface area (Å²) < 4.78 is 12.0. The second-order valence-electron chi connectivity index (χ2n) is 6.59. The Bertz CT molecular complexity index is 918. The van der Waals surface area contributed by atoms with E-state index in [0.717, 1.165) is 28.3 Å². The van der Waals surface area contributed by atoms with Crippen LogP contribution in [0.3, 0.4) is 0 Å². The normalized spacial score (nSPS) is 10.6. The lowest BCUT2D eigenvalue weighted by molar-refractivity contribution is -0.119. The minimum Gasteiger partial charge on any atom is -0.497 e. The number of ether oxygens (including phenoxy) is 2. The number of hydrogen-bond acceptors (Lipinski definition) is 6. The Hall–Kier alpha value is -2.35. The van der Waals surface area contributed by atoms with Gasteiger partial charge in [0.25, 0.3) is 0 Å². The Morgan fingerprint density at radius 2 is 1.83 bits per heavy atom. The Morgan fingerprint density at radius 1 is 1.07 bits per heavy atom. The number of para-hydroxylation sites is 1. The molecule has 156 valence electrons. The van der Waals surface area contributed by atoms with Crippen molar-refractivity contribution in [1.29, 1.82) is 0 Å². The molecule has 0 bridgehead atoms. The number of halogens is 1. The molecule has 1 amide bonds. The first-order chi connectivity index (χ1) is 13.6. The van der Waals surface area contributed by atoms with Gasteiger partial charge in [0.2, 0.25) is 5.91 Å². The van der Waals surface area contributed by atoms with Crippen molar-refractivity contribution >= 4 is 45.0 Å². The maximum absolute atomic E-state index is 12.9. The van der Waals surface area contributed by atoms with Crippen LogP contribution in [-0.4, -0.2) is 56.7 Å². The predicted molar refractivity (Wildman–Crippen MR) is 121 cm³/mol. The molecule has 3 rings (SSSR count). The van der Waals surface area contributed by atoms with Crippen LogP contribution in [0.25, 0.3) is 10.2 Å². The summed E-state index contributed by atoms with van der Waals surface area (Å²) in [7, 11) is 5.62. The number of fused-ring (bicyclic) bond motifs is 1. The summed E-state index contributed by atoms with van der Waals surface area (Å²) in [6.07, 6.45) is 0.293. The van der Waals surface area contributed by atoms with Crippen molar-refractivity contribution in [2.24, 2.45) is 0 Å². The second-order valence-corrected chi connectivity index (χ2v) is 7.60. The van der Waals surface area contributed by atoms with Gasteiger partial charge < -0.3 is 14.4 Å². The standard InChI is InChI=1S/C21H25N3O3S.ClH/c1-23(2)12-13-24(20(25)11-14-27-16-7-5-4-6-8-16)21-22-18-10-9-17(26-3)15-19(18)28-21;/h4-10,15H,11-14H2,1-3H3;1H. The van der Waals surface area contributed by atoms with Gasteiger partial charge in [0.05, 0.1) is 30.4 Å². The summed E-state index contributed by atoms with van der Waals surface area (Å²) in [6, 6.07) is 15.3. The van der Waals surface area contributed by atoms with Crippen LogP contribution in [0.2, 0.25) is 0 Å². The van der Waals surface area contributed by atoms with E-state index < -0.39 is 0 Å². The van der Waals surface area contributed by atoms with Gasteiger partial charge in [0.1, 0.15) is 11.5 Å². The maximum Gasteiger partial charge on any atom is 0.232 e. The molecule has 29 heavy (non-hydrogen) atoms. The first-order valence-corrected chi connectivity index (χ1v) is 9.96.